The fourth-order valence-electron chi connectivity index (χ4n) is 4.97. The van der Waals surface area contributed by atoms with Crippen molar-refractivity contribution in [3.8, 4) is 17.2 Å². The Morgan fingerprint density at radius 3 is 2.34 bits per heavy atom. The molecule has 176 valence electrons. The first-order valence-electron chi connectivity index (χ1n) is 12.2. The van der Waals surface area contributed by atoms with Crippen molar-refractivity contribution < 1.29 is 0 Å². The van der Waals surface area contributed by atoms with E-state index in [1.807, 2.05) is 36.5 Å². The van der Waals surface area contributed by atoms with Crippen molar-refractivity contribution in [2.75, 3.05) is 43.9 Å². The SMILES string of the molecule is CN(C)CC1CCN(c2ccc(Nc3ccnc4ccc(-c5ccc(C#N)cc5)cc34)cc2)CC1. The van der Waals surface area contributed by atoms with Crippen LogP contribution in [0.1, 0.15) is 18.4 Å². The molecule has 1 N–H and O–H groups in total. The van der Waals surface area contributed by atoms with Crippen molar-refractivity contribution >= 4 is 28.0 Å². The molecule has 0 radical (unpaired) electrons. The van der Waals surface area contributed by atoms with E-state index in [0.717, 1.165) is 52.4 Å². The monoisotopic (exact) mass is 461 g/mol. The molecule has 5 heteroatoms. The Hall–Kier alpha value is -3.88. The number of nitrogens with one attached hydrogen (secondary N) is 1. The molecule has 5 rings (SSSR count). The fraction of sp³-hybridized carbons (Fsp3) is 0.267. The van der Waals surface area contributed by atoms with Crippen LogP contribution in [0.4, 0.5) is 17.1 Å². The summed E-state index contributed by atoms with van der Waals surface area (Å²) in [7, 11) is 4.33. The summed E-state index contributed by atoms with van der Waals surface area (Å²) in [5, 5.41) is 13.7. The molecule has 4 aromatic rings. The van der Waals surface area contributed by atoms with Gasteiger partial charge in [-0.3, -0.25) is 4.98 Å². The molecule has 0 spiro atoms. The lowest BCUT2D eigenvalue weighted by Gasteiger charge is -2.34. The number of nitrogens with zero attached hydrogens (tertiary/aromatic N) is 4. The van der Waals surface area contributed by atoms with E-state index in [1.165, 1.54) is 25.1 Å². The molecule has 0 unspecified atom stereocenters. The zero-order valence-corrected chi connectivity index (χ0v) is 20.4. The number of benzene rings is 3. The average molecular weight is 462 g/mol. The largest absolute Gasteiger partial charge is 0.372 e. The van der Waals surface area contributed by atoms with Gasteiger partial charge in [-0.15, -0.1) is 0 Å². The molecular weight excluding hydrogens is 430 g/mol. The maximum absolute atomic E-state index is 9.08. The summed E-state index contributed by atoms with van der Waals surface area (Å²) in [6.45, 7) is 3.43. The quantitative estimate of drug-likeness (QED) is 0.365. The van der Waals surface area contributed by atoms with E-state index in [0.29, 0.717) is 5.56 Å². The van der Waals surface area contributed by atoms with Crippen LogP contribution in [-0.4, -0.2) is 43.6 Å². The highest BCUT2D eigenvalue weighted by Crippen LogP contribution is 2.31. The summed E-state index contributed by atoms with van der Waals surface area (Å²) < 4.78 is 0. The van der Waals surface area contributed by atoms with Gasteiger partial charge in [0.15, 0.2) is 0 Å². The number of aromatic nitrogens is 1. The molecule has 0 saturated carbocycles. The van der Waals surface area contributed by atoms with E-state index < -0.39 is 0 Å². The van der Waals surface area contributed by atoms with E-state index in [1.54, 1.807) is 0 Å². The maximum atomic E-state index is 9.08. The normalized spacial score (nSPS) is 14.3. The lowest BCUT2D eigenvalue weighted by molar-refractivity contribution is 0.285. The van der Waals surface area contributed by atoms with Crippen LogP contribution in [0.15, 0.2) is 79.0 Å². The summed E-state index contributed by atoms with van der Waals surface area (Å²) in [6, 6.07) is 27.0. The number of anilines is 3. The summed E-state index contributed by atoms with van der Waals surface area (Å²) in [5.74, 6) is 0.802. The number of nitriles is 1. The van der Waals surface area contributed by atoms with Crippen molar-refractivity contribution in [2.24, 2.45) is 5.92 Å². The minimum absolute atomic E-state index is 0.667. The lowest BCUT2D eigenvalue weighted by Crippen LogP contribution is -2.37. The topological polar surface area (TPSA) is 55.2 Å². The van der Waals surface area contributed by atoms with Crippen LogP contribution in [0.3, 0.4) is 0 Å². The predicted octanol–water partition coefficient (Wildman–Crippen LogP) is 6.30. The van der Waals surface area contributed by atoms with Gasteiger partial charge in [0, 0.05) is 48.3 Å². The van der Waals surface area contributed by atoms with Crippen LogP contribution in [-0.2, 0) is 0 Å². The molecule has 1 saturated heterocycles. The van der Waals surface area contributed by atoms with Gasteiger partial charge in [-0.05, 0) is 98.6 Å². The first-order valence-corrected chi connectivity index (χ1v) is 12.2. The fourth-order valence-corrected chi connectivity index (χ4v) is 4.97. The van der Waals surface area contributed by atoms with Gasteiger partial charge in [0.2, 0.25) is 0 Å². The van der Waals surface area contributed by atoms with Gasteiger partial charge in [-0.25, -0.2) is 0 Å². The van der Waals surface area contributed by atoms with Crippen molar-refractivity contribution in [1.29, 1.82) is 5.26 Å². The first-order chi connectivity index (χ1) is 17.1. The number of hydrogen-bond donors (Lipinski definition) is 1. The van der Waals surface area contributed by atoms with Gasteiger partial charge >= 0.3 is 0 Å². The summed E-state index contributed by atoms with van der Waals surface area (Å²) in [4.78, 5) is 9.36. The van der Waals surface area contributed by atoms with Crippen LogP contribution >= 0.6 is 0 Å². The van der Waals surface area contributed by atoms with E-state index in [-0.39, 0.29) is 0 Å². The molecule has 0 atom stereocenters. The number of rotatable bonds is 6. The molecule has 0 aliphatic carbocycles. The predicted molar refractivity (Wildman–Crippen MR) is 145 cm³/mol. The Labute approximate surface area is 207 Å². The highest BCUT2D eigenvalue weighted by atomic mass is 15.1. The average Bonchev–Trinajstić information content (AvgIpc) is 2.89. The Morgan fingerprint density at radius 2 is 1.66 bits per heavy atom. The van der Waals surface area contributed by atoms with Gasteiger partial charge in [-0.2, -0.15) is 5.26 Å². The van der Waals surface area contributed by atoms with Crippen molar-refractivity contribution in [1.82, 2.24) is 9.88 Å². The van der Waals surface area contributed by atoms with Crippen LogP contribution in [0, 0.1) is 17.2 Å². The lowest BCUT2D eigenvalue weighted by atomic mass is 9.96. The van der Waals surface area contributed by atoms with Crippen molar-refractivity contribution in [2.45, 2.75) is 12.8 Å². The van der Waals surface area contributed by atoms with Gasteiger partial charge in [0.1, 0.15) is 0 Å². The second kappa shape index (κ2) is 10.2. The van der Waals surface area contributed by atoms with E-state index in [9.17, 15) is 0 Å². The Balaban J connectivity index is 1.32. The molecule has 1 aliphatic rings. The molecule has 2 heterocycles. The van der Waals surface area contributed by atoms with E-state index >= 15 is 0 Å². The number of fused-ring (bicyclic) bond motifs is 1. The summed E-state index contributed by atoms with van der Waals surface area (Å²) >= 11 is 0. The Morgan fingerprint density at radius 1 is 0.943 bits per heavy atom. The molecule has 1 fully saturated rings. The highest BCUT2D eigenvalue weighted by molar-refractivity contribution is 5.95. The van der Waals surface area contributed by atoms with E-state index in [4.69, 9.17) is 5.26 Å². The highest BCUT2D eigenvalue weighted by Gasteiger charge is 2.19. The third-order valence-electron chi connectivity index (χ3n) is 6.84. The molecule has 0 bridgehead atoms. The number of pyridine rings is 1. The minimum atomic E-state index is 0.667. The summed E-state index contributed by atoms with van der Waals surface area (Å²) in [5.41, 5.74) is 7.19. The van der Waals surface area contributed by atoms with Gasteiger partial charge in [-0.1, -0.05) is 18.2 Å². The Kier molecular flexibility index (Phi) is 6.65. The Bertz CT molecular complexity index is 1330. The number of piperidine rings is 1. The molecule has 1 aromatic heterocycles. The molecule has 35 heavy (non-hydrogen) atoms. The second-order valence-corrected chi connectivity index (χ2v) is 9.64. The van der Waals surface area contributed by atoms with Crippen LogP contribution < -0.4 is 10.2 Å². The van der Waals surface area contributed by atoms with Crippen molar-refractivity contribution in [3.05, 3.63) is 84.6 Å². The maximum Gasteiger partial charge on any atom is 0.0991 e. The zero-order chi connectivity index (χ0) is 24.2. The van der Waals surface area contributed by atoms with Crippen molar-refractivity contribution in [3.63, 3.8) is 0 Å². The van der Waals surface area contributed by atoms with Gasteiger partial charge in [0.25, 0.3) is 0 Å². The van der Waals surface area contributed by atoms with Crippen LogP contribution in [0.2, 0.25) is 0 Å². The minimum Gasteiger partial charge on any atom is -0.372 e. The van der Waals surface area contributed by atoms with E-state index in [2.05, 4.69) is 82.7 Å². The molecule has 1 aliphatic heterocycles. The second-order valence-electron chi connectivity index (χ2n) is 9.64. The molecule has 3 aromatic carbocycles. The zero-order valence-electron chi connectivity index (χ0n) is 20.4. The first kappa shape index (κ1) is 22.9. The molecule has 5 nitrogen and oxygen atoms in total. The summed E-state index contributed by atoms with van der Waals surface area (Å²) in [6.07, 6.45) is 4.35. The number of hydrogen-bond acceptors (Lipinski definition) is 5. The van der Waals surface area contributed by atoms with Gasteiger partial charge in [0.05, 0.1) is 17.1 Å². The third-order valence-corrected chi connectivity index (χ3v) is 6.84. The third kappa shape index (κ3) is 5.29. The van der Waals surface area contributed by atoms with Gasteiger partial charge < -0.3 is 15.1 Å². The van der Waals surface area contributed by atoms with Crippen LogP contribution in [0.25, 0.3) is 22.0 Å². The molecular formula is C30H31N5. The standard InChI is InChI=1S/C30H31N5/c1-34(2)21-23-14-17-35(18-15-23)27-10-8-26(9-11-27)33-30-13-16-32-29-12-7-25(19-28(29)30)24-5-3-22(20-31)4-6-24/h3-13,16,19,23H,14-15,17-18,21H2,1-2H3,(H,32,33). The smallest absolute Gasteiger partial charge is 0.0991 e. The molecule has 0 amide bonds. The van der Waals surface area contributed by atoms with Crippen LogP contribution in [0.5, 0.6) is 0 Å².